The fourth-order valence-corrected chi connectivity index (χ4v) is 1.67. The molecule has 0 heterocycles. The first-order valence-electron chi connectivity index (χ1n) is 5.80. The lowest BCUT2D eigenvalue weighted by Gasteiger charge is -2.04. The van der Waals surface area contributed by atoms with E-state index in [-0.39, 0.29) is 5.69 Å². The largest absolute Gasteiger partial charge is 0.299 e. The number of allylic oxidation sites excluding steroid dienone is 1. The van der Waals surface area contributed by atoms with Crippen LogP contribution in [0, 0.1) is 16.0 Å². The van der Waals surface area contributed by atoms with E-state index in [0.29, 0.717) is 5.56 Å². The molecule has 0 aromatic heterocycles. The molecule has 6 heteroatoms. The summed E-state index contributed by atoms with van der Waals surface area (Å²) in [7, 11) is 0. The molecule has 0 saturated carbocycles. The van der Waals surface area contributed by atoms with Gasteiger partial charge in [0.15, 0.2) is 5.78 Å². The fourth-order valence-electron chi connectivity index (χ4n) is 1.67. The van der Waals surface area contributed by atoms with E-state index >= 15 is 0 Å². The maximum Gasteiger partial charge on any atom is 0.269 e. The first-order valence-corrected chi connectivity index (χ1v) is 5.80. The molecule has 0 aliphatic heterocycles. The van der Waals surface area contributed by atoms with Crippen LogP contribution in [0.3, 0.4) is 0 Å². The van der Waals surface area contributed by atoms with Crippen LogP contribution in [0.15, 0.2) is 30.3 Å². The smallest absolute Gasteiger partial charge is 0.269 e. The van der Waals surface area contributed by atoms with Gasteiger partial charge in [0.2, 0.25) is 0 Å². The van der Waals surface area contributed by atoms with Gasteiger partial charge >= 0.3 is 0 Å². The quantitative estimate of drug-likeness (QED) is 0.342. The Morgan fingerprint density at radius 1 is 1.10 bits per heavy atom. The molecule has 0 fully saturated rings. The zero-order chi connectivity index (χ0) is 15.3. The van der Waals surface area contributed by atoms with Crippen molar-refractivity contribution in [3.8, 4) is 0 Å². The van der Waals surface area contributed by atoms with Crippen LogP contribution in [-0.4, -0.2) is 22.3 Å². The lowest BCUT2D eigenvalue weighted by atomic mass is 9.95. The van der Waals surface area contributed by atoms with Crippen LogP contribution in [0.2, 0.25) is 0 Å². The zero-order valence-corrected chi connectivity index (χ0v) is 11.0. The number of carbonyl (C=O) groups is 3. The van der Waals surface area contributed by atoms with Crippen molar-refractivity contribution < 1.29 is 19.3 Å². The van der Waals surface area contributed by atoms with Gasteiger partial charge in [-0.25, -0.2) is 0 Å². The van der Waals surface area contributed by atoms with E-state index in [4.69, 9.17) is 0 Å². The van der Waals surface area contributed by atoms with Crippen molar-refractivity contribution in [2.24, 2.45) is 5.92 Å². The van der Waals surface area contributed by atoms with E-state index in [1.54, 1.807) is 0 Å². The van der Waals surface area contributed by atoms with E-state index in [1.165, 1.54) is 44.2 Å². The second-order valence-electron chi connectivity index (χ2n) is 4.24. The molecule has 0 atom stereocenters. The number of non-ortho nitro benzene ring substituents is 1. The minimum absolute atomic E-state index is 0.0566. The predicted molar refractivity (Wildman–Crippen MR) is 72.0 cm³/mol. The molecule has 1 aromatic carbocycles. The maximum atomic E-state index is 11.7. The lowest BCUT2D eigenvalue weighted by molar-refractivity contribution is -0.384. The average Bonchev–Trinajstić information content (AvgIpc) is 2.36. The Hall–Kier alpha value is -2.63. The van der Waals surface area contributed by atoms with Crippen molar-refractivity contribution in [1.29, 1.82) is 0 Å². The predicted octanol–water partition coefficient (Wildman–Crippen LogP) is 1.97. The summed E-state index contributed by atoms with van der Waals surface area (Å²) in [5, 5.41) is 10.5. The Kier molecular flexibility index (Phi) is 5.02. The highest BCUT2D eigenvalue weighted by atomic mass is 16.6. The van der Waals surface area contributed by atoms with Crippen LogP contribution in [0.1, 0.15) is 19.4 Å². The van der Waals surface area contributed by atoms with Crippen LogP contribution in [0.4, 0.5) is 5.69 Å². The number of ketones is 3. The molecule has 0 spiro atoms. The summed E-state index contributed by atoms with van der Waals surface area (Å²) in [4.78, 5) is 44.1. The van der Waals surface area contributed by atoms with Gasteiger partial charge in [-0.3, -0.25) is 24.5 Å². The number of hydrogen-bond donors (Lipinski definition) is 0. The lowest BCUT2D eigenvalue weighted by Crippen LogP contribution is -2.27. The van der Waals surface area contributed by atoms with Gasteiger partial charge in [-0.05, 0) is 37.6 Å². The summed E-state index contributed by atoms with van der Waals surface area (Å²) in [5.41, 5.74) is 0.508. The number of nitro groups is 1. The molecule has 6 nitrogen and oxygen atoms in total. The SMILES string of the molecule is CC(=O)C(C(C)=O)C(=O)/C=C/c1ccc([N+](=O)[O-])cc1. The molecular formula is C14H13NO5. The number of hydrogen-bond acceptors (Lipinski definition) is 5. The van der Waals surface area contributed by atoms with Crippen LogP contribution in [0.5, 0.6) is 0 Å². The van der Waals surface area contributed by atoms with Gasteiger partial charge in [-0.2, -0.15) is 0 Å². The fraction of sp³-hybridized carbons (Fsp3) is 0.214. The zero-order valence-electron chi connectivity index (χ0n) is 11.0. The Morgan fingerprint density at radius 3 is 2.00 bits per heavy atom. The number of Topliss-reactive ketones (excluding diaryl/α,β-unsaturated/α-hetero) is 2. The van der Waals surface area contributed by atoms with Gasteiger partial charge in [-0.1, -0.05) is 6.08 Å². The molecule has 0 aliphatic carbocycles. The molecule has 0 N–H and O–H groups in total. The van der Waals surface area contributed by atoms with Crippen LogP contribution in [-0.2, 0) is 14.4 Å². The summed E-state index contributed by atoms with van der Waals surface area (Å²) in [6.45, 7) is 2.37. The number of carbonyl (C=O) groups excluding carboxylic acids is 3. The Balaban J connectivity index is 2.86. The van der Waals surface area contributed by atoms with Gasteiger partial charge in [-0.15, -0.1) is 0 Å². The molecular weight excluding hydrogens is 262 g/mol. The van der Waals surface area contributed by atoms with Crippen LogP contribution >= 0.6 is 0 Å². The molecule has 1 aromatic rings. The van der Waals surface area contributed by atoms with Crippen molar-refractivity contribution in [3.63, 3.8) is 0 Å². The summed E-state index contributed by atoms with van der Waals surface area (Å²) in [5.74, 6) is -2.88. The van der Waals surface area contributed by atoms with E-state index in [0.717, 1.165) is 6.08 Å². The molecule has 1 rings (SSSR count). The highest BCUT2D eigenvalue weighted by molar-refractivity contribution is 6.22. The van der Waals surface area contributed by atoms with E-state index < -0.39 is 28.2 Å². The van der Waals surface area contributed by atoms with Crippen molar-refractivity contribution in [2.45, 2.75) is 13.8 Å². The highest BCUT2D eigenvalue weighted by Gasteiger charge is 2.25. The number of nitrogens with zero attached hydrogens (tertiary/aromatic N) is 1. The summed E-state index contributed by atoms with van der Waals surface area (Å²) in [6.07, 6.45) is 2.54. The van der Waals surface area contributed by atoms with E-state index in [2.05, 4.69) is 0 Å². The van der Waals surface area contributed by atoms with E-state index in [9.17, 15) is 24.5 Å². The molecule has 0 amide bonds. The van der Waals surface area contributed by atoms with Crippen LogP contribution < -0.4 is 0 Å². The number of rotatable bonds is 6. The molecule has 0 saturated heterocycles. The van der Waals surface area contributed by atoms with Gasteiger partial charge < -0.3 is 0 Å². The average molecular weight is 275 g/mol. The summed E-state index contributed by atoms with van der Waals surface area (Å²) >= 11 is 0. The van der Waals surface area contributed by atoms with Crippen molar-refractivity contribution in [2.75, 3.05) is 0 Å². The van der Waals surface area contributed by atoms with Gasteiger partial charge in [0.05, 0.1) is 4.92 Å². The Bertz CT molecular complexity index is 572. The molecule has 0 unspecified atom stereocenters. The summed E-state index contributed by atoms with van der Waals surface area (Å²) < 4.78 is 0. The highest BCUT2D eigenvalue weighted by Crippen LogP contribution is 2.13. The van der Waals surface area contributed by atoms with Gasteiger partial charge in [0, 0.05) is 12.1 Å². The minimum Gasteiger partial charge on any atom is -0.299 e. The van der Waals surface area contributed by atoms with E-state index in [1.807, 2.05) is 0 Å². The first kappa shape index (κ1) is 15.4. The first-order chi connectivity index (χ1) is 9.32. The minimum atomic E-state index is -1.27. The second kappa shape index (κ2) is 6.51. The third-order valence-electron chi connectivity index (χ3n) is 2.64. The van der Waals surface area contributed by atoms with Crippen molar-refractivity contribution in [3.05, 3.63) is 46.0 Å². The normalized spacial score (nSPS) is 10.8. The Morgan fingerprint density at radius 2 is 1.60 bits per heavy atom. The maximum absolute atomic E-state index is 11.7. The molecule has 0 radical (unpaired) electrons. The van der Waals surface area contributed by atoms with Gasteiger partial charge in [0.25, 0.3) is 5.69 Å². The standard InChI is InChI=1S/C14H13NO5/c1-9(16)14(10(2)17)13(18)8-5-11-3-6-12(7-4-11)15(19)20/h3-8,14H,1-2H3/b8-5+. The monoisotopic (exact) mass is 275 g/mol. The van der Waals surface area contributed by atoms with Crippen molar-refractivity contribution in [1.82, 2.24) is 0 Å². The molecule has 20 heavy (non-hydrogen) atoms. The molecule has 0 aliphatic rings. The van der Waals surface area contributed by atoms with Crippen molar-refractivity contribution >= 4 is 29.1 Å². The summed E-state index contributed by atoms with van der Waals surface area (Å²) in [6, 6.07) is 5.55. The topological polar surface area (TPSA) is 94.3 Å². The Labute approximate surface area is 115 Å². The van der Waals surface area contributed by atoms with Gasteiger partial charge in [0.1, 0.15) is 17.5 Å². The molecule has 0 bridgehead atoms. The number of nitro benzene ring substituents is 1. The number of benzene rings is 1. The third kappa shape index (κ3) is 3.94. The third-order valence-corrected chi connectivity index (χ3v) is 2.64. The second-order valence-corrected chi connectivity index (χ2v) is 4.24. The molecule has 104 valence electrons. The van der Waals surface area contributed by atoms with Crippen LogP contribution in [0.25, 0.3) is 6.08 Å².